The van der Waals surface area contributed by atoms with Gasteiger partial charge in [0.25, 0.3) is 5.91 Å². The number of hydrogen-bond acceptors (Lipinski definition) is 5. The molecule has 0 spiro atoms. The van der Waals surface area contributed by atoms with Crippen molar-refractivity contribution in [2.45, 2.75) is 19.4 Å². The Labute approximate surface area is 198 Å². The van der Waals surface area contributed by atoms with Crippen LogP contribution in [0.2, 0.25) is 5.02 Å². The summed E-state index contributed by atoms with van der Waals surface area (Å²) < 4.78 is 1.56. The van der Waals surface area contributed by atoms with Gasteiger partial charge in [0.05, 0.1) is 23.0 Å². The number of carboxylic acid groups (broad SMARTS) is 1. The summed E-state index contributed by atoms with van der Waals surface area (Å²) in [6.07, 6.45) is 0.803. The molecule has 0 radical (unpaired) electrons. The second-order valence-electron chi connectivity index (χ2n) is 6.16. The van der Waals surface area contributed by atoms with E-state index in [1.165, 1.54) is 4.90 Å². The van der Waals surface area contributed by atoms with Crippen LogP contribution in [0, 0.1) is 12.8 Å². The molecule has 1 aliphatic heterocycles. The van der Waals surface area contributed by atoms with Crippen LogP contribution in [0.25, 0.3) is 5.69 Å². The smallest absolute Gasteiger partial charge is 0.550 e. The van der Waals surface area contributed by atoms with Gasteiger partial charge in [-0.3, -0.25) is 4.79 Å². The van der Waals surface area contributed by atoms with E-state index < -0.39 is 18.0 Å². The molecule has 3 rings (SSSR count). The molecule has 1 aliphatic rings. The first-order valence-corrected chi connectivity index (χ1v) is 8.23. The van der Waals surface area contributed by atoms with Gasteiger partial charge in [-0.25, -0.2) is 4.68 Å². The quantitative estimate of drug-likeness (QED) is 0.569. The number of piperidine rings is 1. The third-order valence-corrected chi connectivity index (χ3v) is 4.52. The number of aryl methyl sites for hydroxylation is 1. The Balaban J connectivity index is 0.00000243. The van der Waals surface area contributed by atoms with Crippen LogP contribution in [-0.4, -0.2) is 50.9 Å². The Bertz CT molecular complexity index is 809. The number of β-amino-alcohol motifs (C(OH)–C–C–N with tert-alkyl or cyclic N) is 1. The van der Waals surface area contributed by atoms with Crippen LogP contribution in [0.15, 0.2) is 30.5 Å². The van der Waals surface area contributed by atoms with Crippen LogP contribution in [0.4, 0.5) is 0 Å². The summed E-state index contributed by atoms with van der Waals surface area (Å²) in [7, 11) is 0. The van der Waals surface area contributed by atoms with Crippen molar-refractivity contribution < 1.29 is 71.2 Å². The Morgan fingerprint density at radius 1 is 1.27 bits per heavy atom. The molecule has 1 N–H and O–H groups in total. The maximum atomic E-state index is 12.8. The van der Waals surface area contributed by atoms with Gasteiger partial charge < -0.3 is 19.9 Å². The zero-order chi connectivity index (χ0) is 18.1. The van der Waals surface area contributed by atoms with Crippen molar-refractivity contribution in [1.29, 1.82) is 0 Å². The Morgan fingerprint density at radius 2 is 1.92 bits per heavy atom. The SMILES string of the molecule is Cc1nn(-c2ccc(Cl)cc2)cc1C(=O)N1CC(O)CC(C(=O)[O-])C1.[K+]. The van der Waals surface area contributed by atoms with Gasteiger partial charge in [0.15, 0.2) is 0 Å². The number of amides is 1. The van der Waals surface area contributed by atoms with E-state index in [9.17, 15) is 19.8 Å². The molecule has 2 aromatic rings. The van der Waals surface area contributed by atoms with Crippen LogP contribution in [0.5, 0.6) is 0 Å². The van der Waals surface area contributed by atoms with Gasteiger partial charge in [-0.15, -0.1) is 0 Å². The third kappa shape index (κ3) is 4.75. The number of hydrogen-bond donors (Lipinski definition) is 1. The van der Waals surface area contributed by atoms with Crippen molar-refractivity contribution in [2.75, 3.05) is 13.1 Å². The van der Waals surface area contributed by atoms with Gasteiger partial charge in [0.1, 0.15) is 0 Å². The molecule has 9 heteroatoms. The second kappa shape index (κ2) is 8.96. The van der Waals surface area contributed by atoms with Crippen LogP contribution in [-0.2, 0) is 4.79 Å². The Hall–Kier alpha value is -0.744. The summed E-state index contributed by atoms with van der Waals surface area (Å²) in [6, 6.07) is 7.00. The van der Waals surface area contributed by atoms with Crippen molar-refractivity contribution in [1.82, 2.24) is 14.7 Å². The summed E-state index contributed by atoms with van der Waals surface area (Å²) in [5.41, 5.74) is 1.63. The van der Waals surface area contributed by atoms with E-state index in [-0.39, 0.29) is 76.8 Å². The van der Waals surface area contributed by atoms with Crippen LogP contribution in [0.3, 0.4) is 0 Å². The molecule has 2 unspecified atom stereocenters. The maximum absolute atomic E-state index is 12.8. The normalized spacial score (nSPS) is 19.7. The number of rotatable bonds is 3. The molecule has 7 nitrogen and oxygen atoms in total. The van der Waals surface area contributed by atoms with Crippen LogP contribution in [0.1, 0.15) is 22.5 Å². The average Bonchev–Trinajstić information content (AvgIpc) is 2.96. The van der Waals surface area contributed by atoms with Crippen LogP contribution < -0.4 is 56.5 Å². The molecule has 132 valence electrons. The van der Waals surface area contributed by atoms with E-state index >= 15 is 0 Å². The molecule has 26 heavy (non-hydrogen) atoms. The minimum Gasteiger partial charge on any atom is -0.550 e. The molecule has 1 aromatic carbocycles. The molecule has 1 amide bonds. The number of aliphatic hydroxyl groups is 1. The van der Waals surface area contributed by atoms with Crippen molar-refractivity contribution in [3.8, 4) is 5.69 Å². The molecule has 1 fully saturated rings. The number of aromatic nitrogens is 2. The topological polar surface area (TPSA) is 98.5 Å². The fraction of sp³-hybridized carbons (Fsp3) is 0.353. The van der Waals surface area contributed by atoms with E-state index in [4.69, 9.17) is 11.6 Å². The molecule has 0 bridgehead atoms. The van der Waals surface area contributed by atoms with Gasteiger partial charge in [0, 0.05) is 36.2 Å². The molecule has 2 heterocycles. The van der Waals surface area contributed by atoms with E-state index in [1.807, 2.05) is 0 Å². The van der Waals surface area contributed by atoms with Crippen molar-refractivity contribution in [2.24, 2.45) is 5.92 Å². The largest absolute Gasteiger partial charge is 1.00 e. The Morgan fingerprint density at radius 3 is 2.54 bits per heavy atom. The summed E-state index contributed by atoms with van der Waals surface area (Å²) in [5, 5.41) is 25.9. The molecule has 0 saturated carbocycles. The molecule has 2 atom stereocenters. The predicted molar refractivity (Wildman–Crippen MR) is 88.3 cm³/mol. The number of aliphatic hydroxyl groups excluding tert-OH is 1. The standard InChI is InChI=1S/C17H18ClN3O4.K/c1-10-15(9-21(19-10)13-4-2-12(18)3-5-13)16(23)20-7-11(17(24)25)6-14(22)8-20;/h2-5,9,11,14,22H,6-8H2,1H3,(H,24,25);/q;+1/p-1. The number of nitrogens with zero attached hydrogens (tertiary/aromatic N) is 3. The molecule has 0 aliphatic carbocycles. The minimum atomic E-state index is -1.26. The second-order valence-corrected chi connectivity index (χ2v) is 6.60. The zero-order valence-corrected chi connectivity index (χ0v) is 18.4. The number of carboxylic acids is 1. The van der Waals surface area contributed by atoms with Crippen molar-refractivity contribution >= 4 is 23.5 Å². The van der Waals surface area contributed by atoms with Gasteiger partial charge in [-0.05, 0) is 37.6 Å². The number of likely N-dealkylation sites (tertiary alicyclic amines) is 1. The van der Waals surface area contributed by atoms with Gasteiger partial charge >= 0.3 is 51.4 Å². The summed E-state index contributed by atoms with van der Waals surface area (Å²) in [6.45, 7) is 1.81. The first kappa shape index (κ1) is 21.6. The molecule has 1 aromatic heterocycles. The number of halogens is 1. The Kier molecular flexibility index (Phi) is 7.43. The van der Waals surface area contributed by atoms with E-state index in [2.05, 4.69) is 5.10 Å². The summed E-state index contributed by atoms with van der Waals surface area (Å²) in [5.74, 6) is -2.49. The number of benzene rings is 1. The fourth-order valence-corrected chi connectivity index (χ4v) is 3.10. The van der Waals surface area contributed by atoms with Crippen molar-refractivity contribution in [3.05, 3.63) is 46.7 Å². The molecular weight excluding hydrogens is 385 g/mol. The summed E-state index contributed by atoms with van der Waals surface area (Å²) >= 11 is 5.87. The van der Waals surface area contributed by atoms with Crippen LogP contribution >= 0.6 is 11.6 Å². The first-order valence-electron chi connectivity index (χ1n) is 7.85. The molecule has 1 saturated heterocycles. The minimum absolute atomic E-state index is 0. The van der Waals surface area contributed by atoms with E-state index in [0.29, 0.717) is 16.3 Å². The fourth-order valence-electron chi connectivity index (χ4n) is 2.98. The number of carbonyl (C=O) groups is 2. The third-order valence-electron chi connectivity index (χ3n) is 4.27. The molecular formula is C17H17ClKN3O4. The predicted octanol–water partition coefficient (Wildman–Crippen LogP) is -2.59. The van der Waals surface area contributed by atoms with Gasteiger partial charge in [-0.1, -0.05) is 11.6 Å². The van der Waals surface area contributed by atoms with Gasteiger partial charge in [0.2, 0.25) is 0 Å². The summed E-state index contributed by atoms with van der Waals surface area (Å²) in [4.78, 5) is 25.2. The van der Waals surface area contributed by atoms with E-state index in [1.54, 1.807) is 42.1 Å². The van der Waals surface area contributed by atoms with Crippen molar-refractivity contribution in [3.63, 3.8) is 0 Å². The van der Waals surface area contributed by atoms with E-state index in [0.717, 1.165) is 5.69 Å². The number of aliphatic carboxylic acids is 1. The maximum Gasteiger partial charge on any atom is 1.00 e. The average molecular weight is 402 g/mol. The zero-order valence-electron chi connectivity index (χ0n) is 14.6. The monoisotopic (exact) mass is 401 g/mol. The number of carbonyl (C=O) groups excluding carboxylic acids is 2. The first-order chi connectivity index (χ1) is 11.8. The van der Waals surface area contributed by atoms with Gasteiger partial charge in [-0.2, -0.15) is 5.10 Å².